The first-order valence-electron chi connectivity index (χ1n) is 18.6. The fourth-order valence-electron chi connectivity index (χ4n) is 6.81. The van der Waals surface area contributed by atoms with E-state index in [0.717, 1.165) is 11.6 Å². The van der Waals surface area contributed by atoms with Gasteiger partial charge in [-0.25, -0.2) is 19.3 Å². The highest BCUT2D eigenvalue weighted by molar-refractivity contribution is 5.98. The average Bonchev–Trinajstić information content (AvgIpc) is 3.68. The molecule has 3 heterocycles. The third-order valence-corrected chi connectivity index (χ3v) is 9.89. The number of carbonyl (C=O) groups is 1. The molecule has 1 amide bonds. The predicted molar refractivity (Wildman–Crippen MR) is 212 cm³/mol. The first kappa shape index (κ1) is 41.8. The number of aromatic nitrogens is 5. The van der Waals surface area contributed by atoms with E-state index in [9.17, 15) is 27.2 Å². The number of nitriles is 1. The van der Waals surface area contributed by atoms with Gasteiger partial charge in [-0.2, -0.15) is 28.6 Å². The lowest BCUT2D eigenvalue weighted by atomic mass is 9.83. The number of aryl methyl sites for hydroxylation is 1. The van der Waals surface area contributed by atoms with E-state index in [4.69, 9.17) is 30.8 Å². The monoisotopic (exact) mass is 837 g/mol. The molecule has 0 unspecified atom stereocenters. The second-order valence-corrected chi connectivity index (χ2v) is 14.0. The van der Waals surface area contributed by atoms with Gasteiger partial charge in [0.25, 0.3) is 11.5 Å². The SMILES string of the molecule is [C-]#[N+]c1ccc(NC(=O)[C@](C)(COc2ccc(C#N)cc2)OCCOCCOc2ccc([C@H]3Nc4cc(F)cc5c(=O)[nH]nc(c45)[C@@H]3c3ncnn3C)cc2)cc1C(F)(F)F. The lowest BCUT2D eigenvalue weighted by Crippen LogP contribution is -2.48. The molecule has 0 aliphatic carbocycles. The van der Waals surface area contributed by atoms with Crippen LogP contribution in [0.3, 0.4) is 0 Å². The number of rotatable bonds is 15. The van der Waals surface area contributed by atoms with Gasteiger partial charge in [0.15, 0.2) is 11.3 Å². The number of nitrogens with zero attached hydrogens (tertiary/aromatic N) is 6. The molecule has 0 saturated carbocycles. The molecule has 0 saturated heterocycles. The Morgan fingerprint density at radius 1 is 1.00 bits per heavy atom. The van der Waals surface area contributed by atoms with Crippen molar-refractivity contribution in [3.05, 3.63) is 141 Å². The summed E-state index contributed by atoms with van der Waals surface area (Å²) in [5.74, 6) is -0.499. The standard InChI is InChI=1S/C42H35F4N9O6/c1-41(22-60-29-9-4-24(21-47)5-10-29,40(57)51-27-8-13-32(48-2)31(20-27)42(44,45)46)61-17-15-58-14-16-59-28-11-6-25(7-12-28)36-35(38-49-23-50-55(38)3)37-34-30(39(56)54-53-37)18-26(43)19-33(34)52-36/h4-13,18-20,23,35-36,52H,14-17,22H2,1,3H3,(H,51,57)(H,54,56)/t35-,36-,41+/m1/s1. The van der Waals surface area contributed by atoms with Gasteiger partial charge in [0.2, 0.25) is 0 Å². The third-order valence-electron chi connectivity index (χ3n) is 9.89. The quantitative estimate of drug-likeness (QED) is 0.0561. The normalized spacial score (nSPS) is 15.5. The van der Waals surface area contributed by atoms with E-state index in [1.54, 1.807) is 23.9 Å². The first-order chi connectivity index (χ1) is 29.3. The third kappa shape index (κ3) is 9.13. The van der Waals surface area contributed by atoms with Crippen molar-refractivity contribution in [2.24, 2.45) is 7.05 Å². The minimum Gasteiger partial charge on any atom is -0.491 e. The average molecular weight is 838 g/mol. The lowest BCUT2D eigenvalue weighted by molar-refractivity contribution is -0.146. The highest BCUT2D eigenvalue weighted by atomic mass is 19.4. The molecule has 6 aromatic rings. The Labute approximate surface area is 344 Å². The largest absolute Gasteiger partial charge is 0.491 e. The van der Waals surface area contributed by atoms with E-state index in [1.165, 1.54) is 55.7 Å². The zero-order valence-corrected chi connectivity index (χ0v) is 32.4. The number of ether oxygens (including phenoxy) is 4. The van der Waals surface area contributed by atoms with E-state index in [-0.39, 0.29) is 44.1 Å². The summed E-state index contributed by atoms with van der Waals surface area (Å²) >= 11 is 0. The summed E-state index contributed by atoms with van der Waals surface area (Å²) in [5.41, 5.74) is -2.16. The summed E-state index contributed by atoms with van der Waals surface area (Å²) in [6, 6.07) is 20.1. The molecule has 61 heavy (non-hydrogen) atoms. The van der Waals surface area contributed by atoms with Crippen LogP contribution in [0.5, 0.6) is 11.5 Å². The van der Waals surface area contributed by atoms with Crippen molar-refractivity contribution in [1.29, 1.82) is 5.26 Å². The number of nitrogens with one attached hydrogen (secondary N) is 3. The van der Waals surface area contributed by atoms with Crippen LogP contribution in [0.25, 0.3) is 15.6 Å². The van der Waals surface area contributed by atoms with Crippen LogP contribution < -0.4 is 25.7 Å². The number of hydrogen-bond acceptors (Lipinski definition) is 11. The molecular weight excluding hydrogens is 803 g/mol. The lowest BCUT2D eigenvalue weighted by Gasteiger charge is -2.33. The van der Waals surface area contributed by atoms with Crippen LogP contribution in [0.2, 0.25) is 0 Å². The van der Waals surface area contributed by atoms with Gasteiger partial charge in [0, 0.05) is 23.8 Å². The van der Waals surface area contributed by atoms with E-state index >= 15 is 0 Å². The zero-order valence-electron chi connectivity index (χ0n) is 32.4. The minimum absolute atomic E-state index is 0.00483. The Hall–Kier alpha value is -7.35. The molecule has 0 bridgehead atoms. The smallest absolute Gasteiger partial charge is 0.407 e. The van der Waals surface area contributed by atoms with Crippen LogP contribution in [-0.2, 0) is 27.5 Å². The van der Waals surface area contributed by atoms with E-state index in [2.05, 4.69) is 35.8 Å². The maximum absolute atomic E-state index is 14.6. The predicted octanol–water partition coefficient (Wildman–Crippen LogP) is 6.82. The first-order valence-corrected chi connectivity index (χ1v) is 18.6. The Morgan fingerprint density at radius 3 is 2.41 bits per heavy atom. The molecule has 3 atom stereocenters. The van der Waals surface area contributed by atoms with Crippen molar-refractivity contribution >= 4 is 33.7 Å². The summed E-state index contributed by atoms with van der Waals surface area (Å²) in [4.78, 5) is 33.5. The number of amides is 1. The number of benzene rings is 4. The molecule has 19 heteroatoms. The highest BCUT2D eigenvalue weighted by Gasteiger charge is 2.39. The molecule has 7 rings (SSSR count). The molecule has 1 aliphatic rings. The fraction of sp³-hybridized carbons (Fsp3) is 0.262. The molecule has 2 aromatic heterocycles. The molecule has 1 aliphatic heterocycles. The van der Waals surface area contributed by atoms with Crippen LogP contribution >= 0.6 is 0 Å². The van der Waals surface area contributed by atoms with E-state index in [1.807, 2.05) is 18.2 Å². The van der Waals surface area contributed by atoms with Gasteiger partial charge in [-0.15, -0.1) is 0 Å². The van der Waals surface area contributed by atoms with Crippen molar-refractivity contribution in [2.75, 3.05) is 43.7 Å². The maximum atomic E-state index is 14.6. The Balaban J connectivity index is 0.962. The molecule has 312 valence electrons. The van der Waals surface area contributed by atoms with Gasteiger partial charge in [0.05, 0.1) is 66.6 Å². The number of aromatic amines is 1. The van der Waals surface area contributed by atoms with Crippen LogP contribution in [0, 0.1) is 23.7 Å². The zero-order chi connectivity index (χ0) is 43.3. The highest BCUT2D eigenvalue weighted by Crippen LogP contribution is 2.46. The number of anilines is 2. The molecular formula is C42H35F4N9O6. The number of halogens is 4. The molecule has 3 N–H and O–H groups in total. The summed E-state index contributed by atoms with van der Waals surface area (Å²) in [5, 5.41) is 26.7. The van der Waals surface area contributed by atoms with Crippen molar-refractivity contribution in [3.8, 4) is 17.6 Å². The molecule has 0 radical (unpaired) electrons. The second kappa shape index (κ2) is 17.5. The van der Waals surface area contributed by atoms with Gasteiger partial charge in [0.1, 0.15) is 42.7 Å². The van der Waals surface area contributed by atoms with Gasteiger partial charge in [-0.3, -0.25) is 14.3 Å². The Morgan fingerprint density at radius 2 is 1.72 bits per heavy atom. The fourth-order valence-corrected chi connectivity index (χ4v) is 6.81. The number of carbonyl (C=O) groups excluding carboxylic acids is 1. The van der Waals surface area contributed by atoms with Crippen molar-refractivity contribution < 1.29 is 41.3 Å². The van der Waals surface area contributed by atoms with Crippen molar-refractivity contribution in [2.45, 2.75) is 30.7 Å². The van der Waals surface area contributed by atoms with Gasteiger partial charge in [-0.1, -0.05) is 18.2 Å². The second-order valence-electron chi connectivity index (χ2n) is 14.0. The maximum Gasteiger partial charge on any atom is 0.407 e. The summed E-state index contributed by atoms with van der Waals surface area (Å²) in [7, 11) is 1.75. The molecule has 0 fully saturated rings. The molecule has 0 spiro atoms. The molecule has 4 aromatic carbocycles. The van der Waals surface area contributed by atoms with Crippen molar-refractivity contribution in [1.82, 2.24) is 25.0 Å². The topological polar surface area (TPSA) is 183 Å². The summed E-state index contributed by atoms with van der Waals surface area (Å²) < 4.78 is 80.4. The Kier molecular flexibility index (Phi) is 12.0. The Bertz CT molecular complexity index is 2710. The van der Waals surface area contributed by atoms with E-state index in [0.29, 0.717) is 45.7 Å². The van der Waals surface area contributed by atoms with Gasteiger partial charge in [-0.05, 0) is 73.2 Å². The van der Waals surface area contributed by atoms with Gasteiger partial charge < -0.3 is 29.6 Å². The van der Waals surface area contributed by atoms with Crippen molar-refractivity contribution in [3.63, 3.8) is 0 Å². The molecule has 15 nitrogen and oxygen atoms in total. The van der Waals surface area contributed by atoms with Crippen LogP contribution in [0.15, 0.2) is 90.0 Å². The minimum atomic E-state index is -4.83. The van der Waals surface area contributed by atoms with Crippen LogP contribution in [0.4, 0.5) is 34.6 Å². The van der Waals surface area contributed by atoms with Crippen LogP contribution in [-0.4, -0.2) is 69.5 Å². The number of H-pyrrole nitrogens is 1. The number of alkyl halides is 3. The summed E-state index contributed by atoms with van der Waals surface area (Å²) in [6.07, 6.45) is -3.41. The van der Waals surface area contributed by atoms with Gasteiger partial charge >= 0.3 is 6.18 Å². The van der Waals surface area contributed by atoms with Crippen LogP contribution in [0.1, 0.15) is 47.1 Å². The summed E-state index contributed by atoms with van der Waals surface area (Å²) in [6.45, 7) is 8.26. The number of hydrogen-bond donors (Lipinski definition) is 3. The van der Waals surface area contributed by atoms with E-state index < -0.39 is 52.3 Å².